The number of guanidine groups is 1. The number of likely N-dealkylation sites (tertiary alicyclic amines) is 1. The first-order chi connectivity index (χ1) is 13.5. The fourth-order valence-corrected chi connectivity index (χ4v) is 4.31. The minimum Gasteiger partial charge on any atom is -0.465 e. The Morgan fingerprint density at radius 2 is 2.07 bits per heavy atom. The highest BCUT2D eigenvalue weighted by atomic mass is 127. The summed E-state index contributed by atoms with van der Waals surface area (Å²) in [6.45, 7) is 9.79. The van der Waals surface area contributed by atoms with E-state index in [4.69, 9.17) is 4.42 Å². The maximum Gasteiger partial charge on any atom is 0.191 e. The van der Waals surface area contributed by atoms with E-state index < -0.39 is 5.60 Å². The lowest BCUT2D eigenvalue weighted by molar-refractivity contribution is 0.0711. The van der Waals surface area contributed by atoms with Gasteiger partial charge in [-0.25, -0.2) is 4.99 Å². The van der Waals surface area contributed by atoms with Crippen LogP contribution in [0.15, 0.2) is 39.1 Å². The molecular formula is C21H33IN4O2S. The largest absolute Gasteiger partial charge is 0.465 e. The third kappa shape index (κ3) is 6.70. The van der Waals surface area contributed by atoms with Crippen molar-refractivity contribution in [2.75, 3.05) is 32.7 Å². The van der Waals surface area contributed by atoms with Gasteiger partial charge in [-0.2, -0.15) is 0 Å². The minimum absolute atomic E-state index is 0. The van der Waals surface area contributed by atoms with Crippen LogP contribution in [0.2, 0.25) is 0 Å². The number of hydrogen-bond acceptors (Lipinski definition) is 5. The van der Waals surface area contributed by atoms with E-state index in [0.29, 0.717) is 19.0 Å². The van der Waals surface area contributed by atoms with Crippen molar-refractivity contribution in [2.45, 2.75) is 45.3 Å². The molecule has 2 aromatic heterocycles. The summed E-state index contributed by atoms with van der Waals surface area (Å²) < 4.78 is 5.93. The van der Waals surface area contributed by atoms with Crippen molar-refractivity contribution in [3.8, 4) is 0 Å². The van der Waals surface area contributed by atoms with Crippen LogP contribution >= 0.6 is 35.3 Å². The number of aliphatic hydroxyl groups is 1. The Morgan fingerprint density at radius 3 is 2.66 bits per heavy atom. The number of nitrogens with zero attached hydrogens (tertiary/aromatic N) is 2. The van der Waals surface area contributed by atoms with Crippen LogP contribution in [0.5, 0.6) is 0 Å². The fourth-order valence-electron chi connectivity index (χ4n) is 3.53. The third-order valence-electron chi connectivity index (χ3n) is 5.08. The van der Waals surface area contributed by atoms with Gasteiger partial charge < -0.3 is 20.2 Å². The summed E-state index contributed by atoms with van der Waals surface area (Å²) in [5.74, 6) is 2.65. The van der Waals surface area contributed by atoms with E-state index in [2.05, 4.69) is 26.6 Å². The van der Waals surface area contributed by atoms with Crippen LogP contribution in [-0.4, -0.2) is 48.7 Å². The molecule has 1 fully saturated rings. The second kappa shape index (κ2) is 11.3. The van der Waals surface area contributed by atoms with Gasteiger partial charge in [-0.05, 0) is 70.3 Å². The Balaban J connectivity index is 0.00000300. The van der Waals surface area contributed by atoms with Crippen LogP contribution < -0.4 is 10.6 Å². The predicted molar refractivity (Wildman–Crippen MR) is 130 cm³/mol. The number of hydrogen-bond donors (Lipinski definition) is 3. The molecule has 0 spiro atoms. The quantitative estimate of drug-likeness (QED) is 0.274. The zero-order valence-corrected chi connectivity index (χ0v) is 20.6. The van der Waals surface area contributed by atoms with Gasteiger partial charge in [-0.15, -0.1) is 35.3 Å². The molecule has 0 bridgehead atoms. The predicted octanol–water partition coefficient (Wildman–Crippen LogP) is 3.87. The zero-order chi connectivity index (χ0) is 20.0. The number of halogens is 1. The van der Waals surface area contributed by atoms with Gasteiger partial charge in [0.25, 0.3) is 0 Å². The third-order valence-corrected chi connectivity index (χ3v) is 6.20. The van der Waals surface area contributed by atoms with Gasteiger partial charge in [0, 0.05) is 18.0 Å². The molecule has 1 aliphatic rings. The monoisotopic (exact) mass is 532 g/mol. The molecule has 0 amide bonds. The first-order valence-electron chi connectivity index (χ1n) is 10.1. The van der Waals surface area contributed by atoms with Gasteiger partial charge >= 0.3 is 0 Å². The topological polar surface area (TPSA) is 73.0 Å². The summed E-state index contributed by atoms with van der Waals surface area (Å²) >= 11 is 1.55. The molecule has 162 valence electrons. The molecule has 0 aliphatic carbocycles. The lowest BCUT2D eigenvalue weighted by atomic mass is 10.1. The summed E-state index contributed by atoms with van der Waals surface area (Å²) in [5, 5.41) is 19.5. The molecule has 0 saturated carbocycles. The van der Waals surface area contributed by atoms with Crippen molar-refractivity contribution in [3.05, 3.63) is 46.0 Å². The molecule has 0 radical (unpaired) electrons. The Kier molecular flexibility index (Phi) is 9.45. The molecule has 8 heteroatoms. The number of aryl methyl sites for hydroxylation is 1. The molecule has 1 saturated heterocycles. The molecule has 29 heavy (non-hydrogen) atoms. The van der Waals surface area contributed by atoms with Crippen molar-refractivity contribution >= 4 is 41.3 Å². The minimum atomic E-state index is -0.969. The van der Waals surface area contributed by atoms with Gasteiger partial charge in [0.15, 0.2) is 5.96 Å². The lowest BCUT2D eigenvalue weighted by Crippen LogP contribution is -2.43. The van der Waals surface area contributed by atoms with E-state index in [-0.39, 0.29) is 30.0 Å². The summed E-state index contributed by atoms with van der Waals surface area (Å²) in [5.41, 5.74) is -0.969. The van der Waals surface area contributed by atoms with Gasteiger partial charge in [0.1, 0.15) is 17.1 Å². The normalized spacial score (nSPS) is 18.1. The molecule has 2 atom stereocenters. The molecule has 6 nitrogen and oxygen atoms in total. The summed E-state index contributed by atoms with van der Waals surface area (Å²) in [7, 11) is 0. The maximum absolute atomic E-state index is 10.7. The second-order valence-electron chi connectivity index (χ2n) is 7.53. The maximum atomic E-state index is 10.7. The summed E-state index contributed by atoms with van der Waals surface area (Å²) in [6.07, 6.45) is 2.46. The molecule has 2 unspecified atom stereocenters. The van der Waals surface area contributed by atoms with Gasteiger partial charge in [-0.1, -0.05) is 6.07 Å². The standard InChI is InChI=1S/C21H32N4O2S.HI/c1-4-22-20(24-15-21(3,26)19-8-7-13-28-19)23-14-17(25-11-5-6-12-25)18-10-9-16(2)27-18;/h7-10,13,17,26H,4-6,11-12,14-15H2,1-3H3,(H2,22,23,24);1H. The molecule has 0 aromatic carbocycles. The Morgan fingerprint density at radius 1 is 1.31 bits per heavy atom. The molecule has 3 heterocycles. The number of furan rings is 1. The van der Waals surface area contributed by atoms with Crippen molar-refractivity contribution in [3.63, 3.8) is 0 Å². The van der Waals surface area contributed by atoms with E-state index in [1.165, 1.54) is 12.8 Å². The van der Waals surface area contributed by atoms with E-state index in [0.717, 1.165) is 36.0 Å². The van der Waals surface area contributed by atoms with Crippen LogP contribution in [0.1, 0.15) is 49.1 Å². The molecule has 2 aromatic rings. The van der Waals surface area contributed by atoms with Crippen molar-refractivity contribution in [2.24, 2.45) is 4.99 Å². The fraction of sp³-hybridized carbons (Fsp3) is 0.571. The van der Waals surface area contributed by atoms with Gasteiger partial charge in [0.2, 0.25) is 0 Å². The molecule has 1 aliphatic heterocycles. The summed E-state index contributed by atoms with van der Waals surface area (Å²) in [4.78, 5) is 8.03. The molecular weight excluding hydrogens is 499 g/mol. The Labute approximate surface area is 194 Å². The van der Waals surface area contributed by atoms with Crippen molar-refractivity contribution in [1.29, 1.82) is 0 Å². The number of aliphatic imine (C=N–C) groups is 1. The molecule has 3 rings (SSSR count). The van der Waals surface area contributed by atoms with E-state index in [1.54, 1.807) is 11.3 Å². The second-order valence-corrected chi connectivity index (χ2v) is 8.48. The van der Waals surface area contributed by atoms with Crippen molar-refractivity contribution in [1.82, 2.24) is 15.5 Å². The lowest BCUT2D eigenvalue weighted by Gasteiger charge is -2.27. The average Bonchev–Trinajstić information content (AvgIpc) is 3.42. The van der Waals surface area contributed by atoms with Crippen LogP contribution in [0.4, 0.5) is 0 Å². The van der Waals surface area contributed by atoms with Gasteiger partial charge in [0.05, 0.1) is 12.6 Å². The number of rotatable bonds is 8. The smallest absolute Gasteiger partial charge is 0.191 e. The van der Waals surface area contributed by atoms with Crippen LogP contribution in [-0.2, 0) is 5.60 Å². The van der Waals surface area contributed by atoms with E-state index >= 15 is 0 Å². The van der Waals surface area contributed by atoms with Crippen molar-refractivity contribution < 1.29 is 9.52 Å². The zero-order valence-electron chi connectivity index (χ0n) is 17.5. The van der Waals surface area contributed by atoms with Crippen LogP contribution in [0, 0.1) is 6.92 Å². The summed E-state index contributed by atoms with van der Waals surface area (Å²) in [6, 6.07) is 8.18. The number of nitrogens with one attached hydrogen (secondary N) is 2. The SMILES string of the molecule is CCNC(=NCC(C)(O)c1cccs1)NCC(c1ccc(C)o1)N1CCCC1.I. The van der Waals surface area contributed by atoms with E-state index in [9.17, 15) is 5.11 Å². The Bertz CT molecular complexity index is 755. The van der Waals surface area contributed by atoms with E-state index in [1.807, 2.05) is 44.4 Å². The Hall–Kier alpha value is -1.10. The highest BCUT2D eigenvalue weighted by Gasteiger charge is 2.27. The van der Waals surface area contributed by atoms with Gasteiger partial charge in [-0.3, -0.25) is 4.90 Å². The molecule has 3 N–H and O–H groups in total. The average molecular weight is 532 g/mol. The highest BCUT2D eigenvalue weighted by Crippen LogP contribution is 2.27. The highest BCUT2D eigenvalue weighted by molar-refractivity contribution is 14.0. The number of thiophene rings is 1. The first-order valence-corrected chi connectivity index (χ1v) is 11.0. The van der Waals surface area contributed by atoms with Crippen LogP contribution in [0.3, 0.4) is 0 Å². The van der Waals surface area contributed by atoms with Crippen LogP contribution in [0.25, 0.3) is 0 Å². The first kappa shape index (κ1) is 24.2.